The Kier molecular flexibility index (Phi) is 5.57. The molecule has 1 aliphatic carbocycles. The maximum absolute atomic E-state index is 13.0. The fourth-order valence-corrected chi connectivity index (χ4v) is 4.49. The molecule has 0 amide bonds. The molecule has 2 aliphatic rings. The van der Waals surface area contributed by atoms with Gasteiger partial charge in [0, 0.05) is 32.2 Å². The third-order valence-corrected chi connectivity index (χ3v) is 6.17. The van der Waals surface area contributed by atoms with Crippen molar-refractivity contribution in [2.24, 2.45) is 0 Å². The first-order chi connectivity index (χ1) is 13.8. The molecule has 9 heteroatoms. The van der Waals surface area contributed by atoms with E-state index in [0.29, 0.717) is 11.7 Å². The quantitative estimate of drug-likeness (QED) is 0.744. The molecule has 5 nitrogen and oxygen atoms in total. The zero-order valence-electron chi connectivity index (χ0n) is 15.8. The summed E-state index contributed by atoms with van der Waals surface area (Å²) in [4.78, 5) is 17.2. The highest BCUT2D eigenvalue weighted by atomic mass is 35.5. The molecule has 1 aliphatic heterocycles. The number of benzene rings is 1. The van der Waals surface area contributed by atoms with Crippen LogP contribution in [0.5, 0.6) is 0 Å². The van der Waals surface area contributed by atoms with Crippen molar-refractivity contribution in [3.63, 3.8) is 0 Å². The maximum atomic E-state index is 13.0. The summed E-state index contributed by atoms with van der Waals surface area (Å²) in [5.74, 6) is 0. The molecule has 0 atom stereocenters. The first-order valence-corrected chi connectivity index (χ1v) is 10.2. The van der Waals surface area contributed by atoms with Crippen molar-refractivity contribution in [1.29, 1.82) is 0 Å². The van der Waals surface area contributed by atoms with Gasteiger partial charge in [0.25, 0.3) is 5.56 Å². The van der Waals surface area contributed by atoms with Gasteiger partial charge in [-0.2, -0.15) is 23.0 Å². The van der Waals surface area contributed by atoms with Crippen molar-refractivity contribution in [2.45, 2.75) is 37.9 Å². The minimum absolute atomic E-state index is 0.0215. The molecule has 0 spiro atoms. The Hall–Kier alpha value is -2.06. The Morgan fingerprint density at radius 1 is 1.07 bits per heavy atom. The molecule has 29 heavy (non-hydrogen) atoms. The molecule has 1 saturated heterocycles. The van der Waals surface area contributed by atoms with Gasteiger partial charge in [0.15, 0.2) is 0 Å². The molecular formula is C20H22ClF3N4O. The van der Waals surface area contributed by atoms with Gasteiger partial charge < -0.3 is 4.90 Å². The number of rotatable bonds is 3. The van der Waals surface area contributed by atoms with E-state index in [-0.39, 0.29) is 10.7 Å². The van der Waals surface area contributed by atoms with Gasteiger partial charge in [0.2, 0.25) is 0 Å². The Labute approximate surface area is 171 Å². The number of nitrogens with zero attached hydrogens (tertiary/aromatic N) is 4. The van der Waals surface area contributed by atoms with E-state index in [1.807, 2.05) is 4.90 Å². The van der Waals surface area contributed by atoms with Gasteiger partial charge in [0.1, 0.15) is 5.02 Å². The molecule has 2 aromatic rings. The number of hydrogen-bond donors (Lipinski definition) is 0. The standard InChI is InChI=1S/C20H22ClF3N4O/c21-18-17(27-10-8-26(9-11-27)15-5-1-2-6-15)13-25-28(19(18)29)16-7-3-4-14(12-16)20(22,23)24/h3-4,7,12-13,15H,1-2,5-6,8-11H2. The normalized spacial score (nSPS) is 19.1. The van der Waals surface area contributed by atoms with E-state index < -0.39 is 17.3 Å². The topological polar surface area (TPSA) is 41.4 Å². The smallest absolute Gasteiger partial charge is 0.366 e. The van der Waals surface area contributed by atoms with Crippen LogP contribution in [0.25, 0.3) is 5.69 Å². The maximum Gasteiger partial charge on any atom is 0.416 e. The summed E-state index contributed by atoms with van der Waals surface area (Å²) >= 11 is 6.32. The van der Waals surface area contributed by atoms with E-state index >= 15 is 0 Å². The van der Waals surface area contributed by atoms with Gasteiger partial charge in [-0.1, -0.05) is 30.5 Å². The largest absolute Gasteiger partial charge is 0.416 e. The van der Waals surface area contributed by atoms with Crippen molar-refractivity contribution < 1.29 is 13.2 Å². The van der Waals surface area contributed by atoms with E-state index in [1.54, 1.807) is 0 Å². The molecule has 2 heterocycles. The zero-order chi connectivity index (χ0) is 20.6. The molecular weight excluding hydrogens is 405 g/mol. The first kappa shape index (κ1) is 20.2. The summed E-state index contributed by atoms with van der Waals surface area (Å²) in [6.45, 7) is 3.28. The lowest BCUT2D eigenvalue weighted by Gasteiger charge is -2.39. The number of piperazine rings is 1. The average Bonchev–Trinajstić information content (AvgIpc) is 3.24. The van der Waals surface area contributed by atoms with Crippen LogP contribution in [0.1, 0.15) is 31.2 Å². The van der Waals surface area contributed by atoms with Crippen LogP contribution in [-0.4, -0.2) is 46.9 Å². The summed E-state index contributed by atoms with van der Waals surface area (Å²) in [7, 11) is 0. The molecule has 0 bridgehead atoms. The minimum atomic E-state index is -4.50. The fraction of sp³-hybridized carbons (Fsp3) is 0.500. The lowest BCUT2D eigenvalue weighted by Crippen LogP contribution is -2.50. The number of hydrogen-bond acceptors (Lipinski definition) is 4. The summed E-state index contributed by atoms with van der Waals surface area (Å²) in [6.07, 6.45) is 2.03. The predicted octanol–water partition coefficient (Wildman–Crippen LogP) is 3.97. The molecule has 1 aromatic heterocycles. The van der Waals surface area contributed by atoms with Crippen molar-refractivity contribution >= 4 is 17.3 Å². The van der Waals surface area contributed by atoms with E-state index in [4.69, 9.17) is 11.6 Å². The van der Waals surface area contributed by atoms with Crippen LogP contribution in [0, 0.1) is 0 Å². The Morgan fingerprint density at radius 3 is 2.41 bits per heavy atom. The van der Waals surface area contributed by atoms with Crippen molar-refractivity contribution in [3.8, 4) is 5.69 Å². The van der Waals surface area contributed by atoms with E-state index in [0.717, 1.165) is 43.0 Å². The van der Waals surface area contributed by atoms with Crippen LogP contribution in [0.4, 0.5) is 18.9 Å². The fourth-order valence-electron chi connectivity index (χ4n) is 4.24. The highest BCUT2D eigenvalue weighted by molar-refractivity contribution is 6.33. The first-order valence-electron chi connectivity index (χ1n) is 9.79. The molecule has 4 rings (SSSR count). The number of anilines is 1. The lowest BCUT2D eigenvalue weighted by atomic mass is 10.1. The predicted molar refractivity (Wildman–Crippen MR) is 106 cm³/mol. The monoisotopic (exact) mass is 426 g/mol. The van der Waals surface area contributed by atoms with Crippen LogP contribution in [-0.2, 0) is 6.18 Å². The van der Waals surface area contributed by atoms with Crippen LogP contribution in [0.15, 0.2) is 35.3 Å². The second kappa shape index (κ2) is 7.99. The van der Waals surface area contributed by atoms with E-state index in [2.05, 4.69) is 10.00 Å². The summed E-state index contributed by atoms with van der Waals surface area (Å²) in [5, 5.41) is 4.08. The van der Waals surface area contributed by atoms with Crippen LogP contribution >= 0.6 is 11.6 Å². The highest BCUT2D eigenvalue weighted by Crippen LogP contribution is 2.31. The van der Waals surface area contributed by atoms with Gasteiger partial charge in [-0.25, -0.2) is 0 Å². The van der Waals surface area contributed by atoms with Crippen molar-refractivity contribution in [1.82, 2.24) is 14.7 Å². The molecule has 0 radical (unpaired) electrons. The number of aromatic nitrogens is 2. The third-order valence-electron chi connectivity index (χ3n) is 5.81. The van der Waals surface area contributed by atoms with Crippen LogP contribution < -0.4 is 10.5 Å². The molecule has 1 saturated carbocycles. The summed E-state index contributed by atoms with van der Waals surface area (Å²) < 4.78 is 39.8. The molecule has 0 unspecified atom stereocenters. The van der Waals surface area contributed by atoms with Crippen LogP contribution in [0.2, 0.25) is 5.02 Å². The lowest BCUT2D eigenvalue weighted by molar-refractivity contribution is -0.137. The Bertz CT molecular complexity index is 932. The zero-order valence-corrected chi connectivity index (χ0v) is 16.6. The summed E-state index contributed by atoms with van der Waals surface area (Å²) in [6, 6.07) is 5.15. The minimum Gasteiger partial charge on any atom is -0.366 e. The Balaban J connectivity index is 1.55. The summed E-state index contributed by atoms with van der Waals surface area (Å²) in [5.41, 5.74) is -0.899. The number of halogens is 4. The molecule has 2 fully saturated rings. The van der Waals surface area contributed by atoms with E-state index in [1.165, 1.54) is 44.0 Å². The van der Waals surface area contributed by atoms with E-state index in [9.17, 15) is 18.0 Å². The second-order valence-corrected chi connectivity index (χ2v) is 7.95. The van der Waals surface area contributed by atoms with Gasteiger partial charge in [-0.3, -0.25) is 9.69 Å². The Morgan fingerprint density at radius 2 is 1.76 bits per heavy atom. The third kappa shape index (κ3) is 4.14. The van der Waals surface area contributed by atoms with Gasteiger partial charge >= 0.3 is 6.18 Å². The van der Waals surface area contributed by atoms with Crippen molar-refractivity contribution in [3.05, 3.63) is 51.4 Å². The molecule has 156 valence electrons. The van der Waals surface area contributed by atoms with Gasteiger partial charge in [-0.05, 0) is 31.0 Å². The SMILES string of the molecule is O=c1c(Cl)c(N2CCN(C3CCCC3)CC2)cnn1-c1cccc(C(F)(F)F)c1. The molecule has 0 N–H and O–H groups in total. The second-order valence-electron chi connectivity index (χ2n) is 7.57. The van der Waals surface area contributed by atoms with Gasteiger partial charge in [0.05, 0.1) is 23.1 Å². The average molecular weight is 427 g/mol. The van der Waals surface area contributed by atoms with Crippen LogP contribution in [0.3, 0.4) is 0 Å². The highest BCUT2D eigenvalue weighted by Gasteiger charge is 2.31. The molecule has 1 aromatic carbocycles. The number of alkyl halides is 3. The van der Waals surface area contributed by atoms with Crippen molar-refractivity contribution in [2.75, 3.05) is 31.1 Å². The van der Waals surface area contributed by atoms with Gasteiger partial charge in [-0.15, -0.1) is 0 Å².